The summed E-state index contributed by atoms with van der Waals surface area (Å²) in [4.78, 5) is 12.0. The van der Waals surface area contributed by atoms with E-state index in [1.807, 2.05) is 12.1 Å². The zero-order valence-electron chi connectivity index (χ0n) is 21.3. The molecule has 0 bridgehead atoms. The number of nitrogens with two attached hydrogens (primary N) is 2. The van der Waals surface area contributed by atoms with Gasteiger partial charge in [-0.05, 0) is 60.1 Å². The molecule has 0 amide bonds. The maximum Gasteiger partial charge on any atom is 0.339 e. The first-order valence-corrected chi connectivity index (χ1v) is 13.1. The summed E-state index contributed by atoms with van der Waals surface area (Å²) in [7, 11) is 1.71. The van der Waals surface area contributed by atoms with Crippen LogP contribution in [-0.2, 0) is 0 Å². The monoisotopic (exact) mass is 497 g/mol. The first kappa shape index (κ1) is 24.8. The fraction of sp³-hybridized carbons (Fsp3) is 0.333. The van der Waals surface area contributed by atoms with Crippen molar-refractivity contribution in [3.8, 4) is 16.8 Å². The van der Waals surface area contributed by atoms with E-state index in [-0.39, 0.29) is 17.4 Å². The van der Waals surface area contributed by atoms with Crippen molar-refractivity contribution < 1.29 is 9.90 Å². The number of hydrogen-bond acceptors (Lipinski definition) is 5. The molecular weight excluding hydrogens is 462 g/mol. The van der Waals surface area contributed by atoms with Crippen molar-refractivity contribution in [2.24, 2.45) is 23.4 Å². The van der Waals surface area contributed by atoms with E-state index >= 15 is 0 Å². The average Bonchev–Trinajstić information content (AvgIpc) is 3.57. The topological polar surface area (TPSA) is 110 Å². The number of benzene rings is 2. The minimum absolute atomic E-state index is 0.0262. The number of rotatable bonds is 8. The third-order valence-corrected chi connectivity index (χ3v) is 7.48. The Hall–Kier alpha value is -3.84. The van der Waals surface area contributed by atoms with Crippen LogP contribution < -0.4 is 11.6 Å². The lowest BCUT2D eigenvalue weighted by Gasteiger charge is -2.17. The summed E-state index contributed by atoms with van der Waals surface area (Å²) in [5.41, 5.74) is 11.9. The lowest BCUT2D eigenvalue weighted by molar-refractivity contribution is 0.0695. The van der Waals surface area contributed by atoms with Gasteiger partial charge in [-0.15, -0.1) is 0 Å². The van der Waals surface area contributed by atoms with Crippen LogP contribution in [0.5, 0.6) is 0 Å². The molecule has 37 heavy (non-hydrogen) atoms. The molecule has 7 heteroatoms. The van der Waals surface area contributed by atoms with E-state index in [1.54, 1.807) is 17.9 Å². The third-order valence-electron chi connectivity index (χ3n) is 7.48. The van der Waals surface area contributed by atoms with Gasteiger partial charge in [0.05, 0.1) is 17.6 Å². The van der Waals surface area contributed by atoms with E-state index < -0.39 is 5.97 Å². The van der Waals surface area contributed by atoms with Crippen LogP contribution >= 0.6 is 0 Å². The maximum absolute atomic E-state index is 12.0. The van der Waals surface area contributed by atoms with Gasteiger partial charge in [-0.3, -0.25) is 0 Å². The van der Waals surface area contributed by atoms with Crippen molar-refractivity contribution in [2.45, 2.75) is 44.4 Å². The van der Waals surface area contributed by atoms with Crippen LogP contribution in [0.3, 0.4) is 0 Å². The van der Waals surface area contributed by atoms with Crippen molar-refractivity contribution >= 4 is 12.0 Å². The van der Waals surface area contributed by atoms with Crippen LogP contribution in [0.15, 0.2) is 72.7 Å². The van der Waals surface area contributed by atoms with E-state index in [2.05, 4.69) is 53.6 Å². The summed E-state index contributed by atoms with van der Waals surface area (Å²) in [5.74, 6) is 5.43. The van der Waals surface area contributed by atoms with Gasteiger partial charge in [0.15, 0.2) is 0 Å². The minimum Gasteiger partial charge on any atom is -0.478 e. The molecule has 0 radical (unpaired) electrons. The Morgan fingerprint density at radius 1 is 1.11 bits per heavy atom. The van der Waals surface area contributed by atoms with E-state index in [1.165, 1.54) is 48.9 Å². The number of aromatic carboxylic acids is 1. The molecule has 2 aliphatic rings. The Labute approximate surface area is 218 Å². The molecule has 1 heterocycles. The highest BCUT2D eigenvalue weighted by Gasteiger charge is 2.45. The maximum atomic E-state index is 12.0. The van der Waals surface area contributed by atoms with Gasteiger partial charge in [-0.1, -0.05) is 61.7 Å². The summed E-state index contributed by atoms with van der Waals surface area (Å²) in [6.45, 7) is 0. The third kappa shape index (κ3) is 5.62. The molecule has 5 rings (SSSR count). The standard InChI is InChI=1S/C30H35N5O2/c1-34(32)19-28(31)25-17-26(25)29-27(30(36)37)18-33-35(29)24-12-6-11-23(16-24)22-10-5-9-21(15-22)14-13-20-7-3-2-4-8-20/h5-6,9-16,18-20,25-26H,2-4,7-8,17,31-32H2,1H3,(H,36,37)/b14-13+,28-19-/t25?,26-/m1/s1. The number of hydrogen-bond donors (Lipinski definition) is 3. The predicted molar refractivity (Wildman–Crippen MR) is 147 cm³/mol. The number of aromatic nitrogens is 2. The second kappa shape index (κ2) is 10.6. The normalized spacial score (nSPS) is 20.3. The number of allylic oxidation sites excluding steroid dienone is 2. The Morgan fingerprint density at radius 2 is 1.84 bits per heavy atom. The van der Waals surface area contributed by atoms with Gasteiger partial charge in [0.25, 0.3) is 0 Å². The number of nitrogens with zero attached hydrogens (tertiary/aromatic N) is 3. The molecule has 2 fully saturated rings. The molecule has 0 aliphatic heterocycles. The van der Waals surface area contributed by atoms with Gasteiger partial charge >= 0.3 is 5.97 Å². The zero-order valence-corrected chi connectivity index (χ0v) is 21.3. The summed E-state index contributed by atoms with van der Waals surface area (Å²) in [5, 5.41) is 15.8. The molecule has 3 aromatic rings. The van der Waals surface area contributed by atoms with Crippen LogP contribution in [-0.4, -0.2) is 32.9 Å². The second-order valence-corrected chi connectivity index (χ2v) is 10.3. The molecule has 2 saturated carbocycles. The summed E-state index contributed by atoms with van der Waals surface area (Å²) < 4.78 is 1.75. The van der Waals surface area contributed by atoms with Crippen molar-refractivity contribution in [1.82, 2.24) is 14.8 Å². The van der Waals surface area contributed by atoms with E-state index in [9.17, 15) is 9.90 Å². The minimum atomic E-state index is -0.987. The Balaban J connectivity index is 1.43. The molecular formula is C30H35N5O2. The van der Waals surface area contributed by atoms with Crippen LogP contribution in [0, 0.1) is 11.8 Å². The highest BCUT2D eigenvalue weighted by atomic mass is 16.4. The SMILES string of the molecule is CN(N)/C=C(\N)C1C[C@H]1c1c(C(=O)O)cnn1-c1cccc(-c2cccc(/C=C/C3CCCCC3)c2)c1. The molecule has 2 atom stereocenters. The van der Waals surface area contributed by atoms with Gasteiger partial charge in [0, 0.05) is 30.8 Å². The zero-order chi connectivity index (χ0) is 25.9. The number of carbonyl (C=O) groups is 1. The van der Waals surface area contributed by atoms with Crippen LogP contribution in [0.4, 0.5) is 0 Å². The molecule has 7 nitrogen and oxygen atoms in total. The summed E-state index contributed by atoms with van der Waals surface area (Å²) in [6.07, 6.45) is 15.1. The Kier molecular flexibility index (Phi) is 7.15. The second-order valence-electron chi connectivity index (χ2n) is 10.3. The fourth-order valence-electron chi connectivity index (χ4n) is 5.49. The largest absolute Gasteiger partial charge is 0.478 e. The first-order chi connectivity index (χ1) is 17.9. The number of hydrazine groups is 1. The molecule has 0 saturated heterocycles. The molecule has 0 spiro atoms. The van der Waals surface area contributed by atoms with Gasteiger partial charge in [-0.2, -0.15) is 5.10 Å². The fourth-order valence-corrected chi connectivity index (χ4v) is 5.49. The van der Waals surface area contributed by atoms with Crippen molar-refractivity contribution in [2.75, 3.05) is 7.05 Å². The average molecular weight is 498 g/mol. The molecule has 2 aliphatic carbocycles. The van der Waals surface area contributed by atoms with E-state index in [0.29, 0.717) is 17.3 Å². The Morgan fingerprint density at radius 3 is 2.57 bits per heavy atom. The van der Waals surface area contributed by atoms with Gasteiger partial charge in [-0.25, -0.2) is 15.3 Å². The lowest BCUT2D eigenvalue weighted by Crippen LogP contribution is -2.21. The molecule has 192 valence electrons. The lowest BCUT2D eigenvalue weighted by atomic mass is 9.88. The van der Waals surface area contributed by atoms with E-state index in [4.69, 9.17) is 11.6 Å². The highest BCUT2D eigenvalue weighted by molar-refractivity contribution is 5.89. The van der Waals surface area contributed by atoms with Crippen LogP contribution in [0.2, 0.25) is 0 Å². The highest BCUT2D eigenvalue weighted by Crippen LogP contribution is 2.51. The van der Waals surface area contributed by atoms with Gasteiger partial charge < -0.3 is 15.8 Å². The summed E-state index contributed by atoms with van der Waals surface area (Å²) >= 11 is 0. The number of carboxylic acids is 1. The molecule has 1 aromatic heterocycles. The quantitative estimate of drug-likeness (QED) is 0.278. The van der Waals surface area contributed by atoms with Crippen molar-refractivity contribution in [3.05, 3.63) is 89.5 Å². The van der Waals surface area contributed by atoms with E-state index in [0.717, 1.165) is 23.2 Å². The van der Waals surface area contributed by atoms with Crippen LogP contribution in [0.25, 0.3) is 22.9 Å². The Bertz CT molecular complexity index is 1330. The van der Waals surface area contributed by atoms with Crippen molar-refractivity contribution in [3.63, 3.8) is 0 Å². The molecule has 5 N–H and O–H groups in total. The van der Waals surface area contributed by atoms with Gasteiger partial charge in [0.1, 0.15) is 5.56 Å². The van der Waals surface area contributed by atoms with Gasteiger partial charge in [0.2, 0.25) is 0 Å². The first-order valence-electron chi connectivity index (χ1n) is 13.1. The molecule has 1 unspecified atom stereocenters. The number of carboxylic acid groups (broad SMARTS) is 1. The predicted octanol–water partition coefficient (Wildman–Crippen LogP) is 5.54. The smallest absolute Gasteiger partial charge is 0.339 e. The summed E-state index contributed by atoms with van der Waals surface area (Å²) in [6, 6.07) is 16.6. The van der Waals surface area contributed by atoms with Crippen molar-refractivity contribution in [1.29, 1.82) is 0 Å². The van der Waals surface area contributed by atoms with Crippen LogP contribution in [0.1, 0.15) is 66.1 Å². The molecule has 2 aromatic carbocycles.